The van der Waals surface area contributed by atoms with Crippen LogP contribution in [0, 0.1) is 0 Å². The quantitative estimate of drug-likeness (QED) is 0.615. The van der Waals surface area contributed by atoms with E-state index in [0.717, 1.165) is 0 Å². The van der Waals surface area contributed by atoms with Gasteiger partial charge in [-0.05, 0) is 12.1 Å². The van der Waals surface area contributed by atoms with Gasteiger partial charge in [-0.3, -0.25) is 0 Å². The Kier molecular flexibility index (Phi) is 5.58. The van der Waals surface area contributed by atoms with Gasteiger partial charge in [0.15, 0.2) is 0 Å². The molecule has 0 radical (unpaired) electrons. The monoisotopic (exact) mass is 344 g/mol. The molecule has 1 aromatic carbocycles. The van der Waals surface area contributed by atoms with Crippen LogP contribution in [-0.2, 0) is 26.2 Å². The van der Waals surface area contributed by atoms with Crippen molar-refractivity contribution in [2.45, 2.75) is 0 Å². The van der Waals surface area contributed by atoms with Crippen LogP contribution in [0.25, 0.3) is 0 Å². The third-order valence-corrected chi connectivity index (χ3v) is 2.08. The summed E-state index contributed by atoms with van der Waals surface area (Å²) in [6.07, 6.45) is 0. The second-order valence-electron chi connectivity index (χ2n) is 3.16. The molecule has 0 saturated heterocycles. The van der Waals surface area contributed by atoms with E-state index in [-0.39, 0.29) is 26.2 Å². The molecule has 0 heterocycles. The number of carboxylic acids is 4. The third kappa shape index (κ3) is 3.48. The Hall–Kier alpha value is -2.02. The topological polar surface area (TPSA) is 149 Å². The molecule has 0 amide bonds. The number of carboxylic acid groups (broad SMARTS) is 4. The van der Waals surface area contributed by atoms with Gasteiger partial charge in [0, 0.05) is 26.2 Å². The Morgan fingerprint density at radius 1 is 0.579 bits per heavy atom. The van der Waals surface area contributed by atoms with Crippen molar-refractivity contribution in [1.82, 2.24) is 0 Å². The predicted molar refractivity (Wildman–Crippen MR) is 54.3 cm³/mol. The maximum absolute atomic E-state index is 10.8. The Bertz CT molecular complexity index is 479. The van der Waals surface area contributed by atoms with Crippen LogP contribution < -0.4 is 0 Å². The van der Waals surface area contributed by atoms with E-state index in [4.69, 9.17) is 20.4 Å². The standard InChI is InChI=1S/C10H6O8.Zr/c11-7(12)3-1-4(8(13)14)6(10(17)18)2-5(3)9(15)16;/h1-2H,(H,11,12)(H,13,14)(H,15,16)(H,17,18);. The molecule has 0 aliphatic rings. The maximum Gasteiger partial charge on any atom is 0.336 e. The molecular formula is C10H6O8Zr. The predicted octanol–water partition coefficient (Wildman–Crippen LogP) is 0.477. The van der Waals surface area contributed by atoms with Crippen molar-refractivity contribution in [3.05, 3.63) is 34.4 Å². The summed E-state index contributed by atoms with van der Waals surface area (Å²) < 4.78 is 0. The summed E-state index contributed by atoms with van der Waals surface area (Å²) >= 11 is 0. The molecule has 19 heavy (non-hydrogen) atoms. The Morgan fingerprint density at radius 3 is 0.842 bits per heavy atom. The number of hydrogen-bond donors (Lipinski definition) is 4. The van der Waals surface area contributed by atoms with E-state index in [2.05, 4.69) is 0 Å². The van der Waals surface area contributed by atoms with Crippen LogP contribution in [-0.4, -0.2) is 44.3 Å². The summed E-state index contributed by atoms with van der Waals surface area (Å²) in [6, 6.07) is 1.02. The molecule has 0 fully saturated rings. The second-order valence-corrected chi connectivity index (χ2v) is 3.16. The molecule has 0 unspecified atom stereocenters. The first-order valence-corrected chi connectivity index (χ1v) is 4.37. The van der Waals surface area contributed by atoms with Gasteiger partial charge in [0.25, 0.3) is 0 Å². The first kappa shape index (κ1) is 17.0. The van der Waals surface area contributed by atoms with Crippen molar-refractivity contribution >= 4 is 23.9 Å². The average molecular weight is 345 g/mol. The Balaban J connectivity index is 0.00000324. The minimum atomic E-state index is -1.66. The maximum atomic E-state index is 10.8. The fourth-order valence-corrected chi connectivity index (χ4v) is 1.31. The summed E-state index contributed by atoms with van der Waals surface area (Å²) in [7, 11) is 0. The fraction of sp³-hybridized carbons (Fsp3) is 0. The van der Waals surface area contributed by atoms with Gasteiger partial charge in [0.1, 0.15) is 0 Å². The van der Waals surface area contributed by atoms with Gasteiger partial charge in [-0.25, -0.2) is 19.2 Å². The van der Waals surface area contributed by atoms with Crippen molar-refractivity contribution in [3.8, 4) is 0 Å². The van der Waals surface area contributed by atoms with Gasteiger partial charge in [-0.15, -0.1) is 0 Å². The van der Waals surface area contributed by atoms with Crippen LogP contribution in [0.3, 0.4) is 0 Å². The van der Waals surface area contributed by atoms with Crippen LogP contribution in [0.1, 0.15) is 41.4 Å². The molecule has 0 spiro atoms. The SMILES string of the molecule is O=C(O)c1cc(C(=O)O)c(C(=O)O)cc1C(=O)O.[Zr]. The van der Waals surface area contributed by atoms with Gasteiger partial charge in [0.2, 0.25) is 0 Å². The van der Waals surface area contributed by atoms with Crippen LogP contribution in [0.5, 0.6) is 0 Å². The van der Waals surface area contributed by atoms with Crippen molar-refractivity contribution in [2.24, 2.45) is 0 Å². The minimum Gasteiger partial charge on any atom is -0.478 e. The third-order valence-electron chi connectivity index (χ3n) is 2.08. The summed E-state index contributed by atoms with van der Waals surface area (Å²) in [6.45, 7) is 0. The molecule has 9 heteroatoms. The normalized spacial score (nSPS) is 9.26. The molecule has 0 aromatic heterocycles. The number of carbonyl (C=O) groups is 4. The molecule has 4 N–H and O–H groups in total. The van der Waals surface area contributed by atoms with E-state index in [1.165, 1.54) is 0 Å². The molecular weight excluding hydrogens is 339 g/mol. The number of hydrogen-bond acceptors (Lipinski definition) is 4. The zero-order valence-electron chi connectivity index (χ0n) is 9.08. The largest absolute Gasteiger partial charge is 0.478 e. The molecule has 0 atom stereocenters. The number of benzene rings is 1. The van der Waals surface area contributed by atoms with Crippen LogP contribution >= 0.6 is 0 Å². The van der Waals surface area contributed by atoms with Gasteiger partial charge < -0.3 is 20.4 Å². The molecule has 0 aliphatic heterocycles. The molecule has 0 bridgehead atoms. The summed E-state index contributed by atoms with van der Waals surface area (Å²) in [5.41, 5.74) is -3.15. The van der Waals surface area contributed by atoms with Crippen molar-refractivity contribution in [3.63, 3.8) is 0 Å². The minimum absolute atomic E-state index is 0. The van der Waals surface area contributed by atoms with E-state index in [0.29, 0.717) is 12.1 Å². The van der Waals surface area contributed by atoms with E-state index in [9.17, 15) is 19.2 Å². The first-order chi connectivity index (χ1) is 8.25. The fourth-order valence-electron chi connectivity index (χ4n) is 1.31. The summed E-state index contributed by atoms with van der Waals surface area (Å²) in [4.78, 5) is 43.1. The van der Waals surface area contributed by atoms with Gasteiger partial charge in [0.05, 0.1) is 22.3 Å². The van der Waals surface area contributed by atoms with Crippen molar-refractivity contribution < 1.29 is 65.8 Å². The van der Waals surface area contributed by atoms with Crippen molar-refractivity contribution in [2.75, 3.05) is 0 Å². The number of aromatic carboxylic acids is 4. The molecule has 98 valence electrons. The smallest absolute Gasteiger partial charge is 0.336 e. The Morgan fingerprint density at radius 2 is 0.737 bits per heavy atom. The molecule has 8 nitrogen and oxygen atoms in total. The van der Waals surface area contributed by atoms with Crippen molar-refractivity contribution in [1.29, 1.82) is 0 Å². The van der Waals surface area contributed by atoms with Gasteiger partial charge >= 0.3 is 23.9 Å². The van der Waals surface area contributed by atoms with Crippen LogP contribution in [0.15, 0.2) is 12.1 Å². The number of rotatable bonds is 4. The van der Waals surface area contributed by atoms with E-state index in [1.807, 2.05) is 0 Å². The van der Waals surface area contributed by atoms with E-state index in [1.54, 1.807) is 0 Å². The molecule has 1 aromatic rings. The zero-order valence-corrected chi connectivity index (χ0v) is 11.5. The molecule has 0 aliphatic carbocycles. The average Bonchev–Trinajstić information content (AvgIpc) is 2.26. The summed E-state index contributed by atoms with van der Waals surface area (Å²) in [5, 5.41) is 35.0. The van der Waals surface area contributed by atoms with Gasteiger partial charge in [-0.2, -0.15) is 0 Å². The second kappa shape index (κ2) is 6.24. The molecule has 1 rings (SSSR count). The van der Waals surface area contributed by atoms with Gasteiger partial charge in [-0.1, -0.05) is 0 Å². The summed E-state index contributed by atoms with van der Waals surface area (Å²) in [5.74, 6) is -6.64. The molecule has 0 saturated carbocycles. The first-order valence-electron chi connectivity index (χ1n) is 4.37. The van der Waals surface area contributed by atoms with Crippen LogP contribution in [0.4, 0.5) is 0 Å². The van der Waals surface area contributed by atoms with E-state index >= 15 is 0 Å². The Labute approximate surface area is 124 Å². The van der Waals surface area contributed by atoms with Crippen LogP contribution in [0.2, 0.25) is 0 Å². The zero-order chi connectivity index (χ0) is 14.0. The van der Waals surface area contributed by atoms with E-state index < -0.39 is 46.1 Å².